The number of rotatable bonds is 2. The summed E-state index contributed by atoms with van der Waals surface area (Å²) in [6.07, 6.45) is 0. The molecule has 1 aromatic carbocycles. The average molecular weight is 275 g/mol. The molecule has 0 bridgehead atoms. The maximum atomic E-state index is 12.8. The van der Waals surface area contributed by atoms with E-state index in [1.165, 1.54) is 5.56 Å². The summed E-state index contributed by atoms with van der Waals surface area (Å²) in [5, 5.41) is 11.0. The largest absolute Gasteiger partial charge is 0.367 e. The highest BCUT2D eigenvalue weighted by Gasteiger charge is 2.47. The van der Waals surface area contributed by atoms with Crippen LogP contribution in [-0.4, -0.2) is 22.5 Å². The highest BCUT2D eigenvalue weighted by molar-refractivity contribution is 6.02. The van der Waals surface area contributed by atoms with Crippen molar-refractivity contribution in [2.24, 2.45) is 5.92 Å². The number of benzene rings is 1. The number of carbonyl (C=O) groups is 1. The van der Waals surface area contributed by atoms with Crippen LogP contribution in [0, 0.1) is 33.6 Å². The first kappa shape index (κ1) is 15.0. The Bertz CT molecular complexity index is 585. The van der Waals surface area contributed by atoms with Gasteiger partial charge in [-0.2, -0.15) is 0 Å². The first-order valence-electron chi connectivity index (χ1n) is 7.25. The lowest BCUT2D eigenvalue weighted by atomic mass is 9.87. The van der Waals surface area contributed by atoms with Gasteiger partial charge in [0.15, 0.2) is 5.72 Å². The minimum Gasteiger partial charge on any atom is -0.367 e. The van der Waals surface area contributed by atoms with Crippen molar-refractivity contribution < 1.29 is 9.90 Å². The lowest BCUT2D eigenvalue weighted by Gasteiger charge is -2.33. The summed E-state index contributed by atoms with van der Waals surface area (Å²) >= 11 is 0. The molecule has 0 spiro atoms. The monoisotopic (exact) mass is 275 g/mol. The lowest BCUT2D eigenvalue weighted by molar-refractivity contribution is -0.0730. The van der Waals surface area contributed by atoms with E-state index in [1.807, 2.05) is 20.8 Å². The van der Waals surface area contributed by atoms with E-state index in [0.29, 0.717) is 18.0 Å². The number of hydrogen-bond acceptors (Lipinski definition) is 2. The van der Waals surface area contributed by atoms with Crippen molar-refractivity contribution in [2.75, 3.05) is 6.54 Å². The van der Waals surface area contributed by atoms with Gasteiger partial charge in [-0.05, 0) is 62.8 Å². The fourth-order valence-electron chi connectivity index (χ4n) is 3.27. The van der Waals surface area contributed by atoms with Crippen LogP contribution in [0.4, 0.5) is 0 Å². The van der Waals surface area contributed by atoms with Crippen molar-refractivity contribution in [2.45, 2.75) is 54.2 Å². The number of aliphatic hydroxyl groups is 1. The Balaban J connectivity index is 2.73. The lowest BCUT2D eigenvalue weighted by Crippen LogP contribution is -2.43. The quantitative estimate of drug-likeness (QED) is 0.900. The van der Waals surface area contributed by atoms with Gasteiger partial charge in [-0.25, -0.2) is 0 Å². The van der Waals surface area contributed by atoms with Gasteiger partial charge < -0.3 is 10.0 Å². The maximum absolute atomic E-state index is 12.8. The van der Waals surface area contributed by atoms with Gasteiger partial charge in [0.1, 0.15) is 0 Å². The van der Waals surface area contributed by atoms with E-state index >= 15 is 0 Å². The standard InChI is InChI=1S/C17H25NO2/c1-9(2)8-18-16(19)14-12(5)10(3)11(4)13(6)15(14)17(18,7)20/h9,20H,8H2,1-7H3. The van der Waals surface area contributed by atoms with E-state index in [-0.39, 0.29) is 5.91 Å². The van der Waals surface area contributed by atoms with Gasteiger partial charge in [-0.1, -0.05) is 13.8 Å². The van der Waals surface area contributed by atoms with Crippen molar-refractivity contribution in [3.63, 3.8) is 0 Å². The molecule has 0 saturated heterocycles. The van der Waals surface area contributed by atoms with Crippen LogP contribution in [0.1, 0.15) is 58.9 Å². The van der Waals surface area contributed by atoms with Gasteiger partial charge >= 0.3 is 0 Å². The van der Waals surface area contributed by atoms with Crippen molar-refractivity contribution >= 4 is 5.91 Å². The van der Waals surface area contributed by atoms with Gasteiger partial charge in [-0.3, -0.25) is 4.79 Å². The molecule has 0 radical (unpaired) electrons. The summed E-state index contributed by atoms with van der Waals surface area (Å²) in [5.74, 6) is 0.282. The van der Waals surface area contributed by atoms with Crippen LogP contribution < -0.4 is 0 Å². The molecule has 1 heterocycles. The number of nitrogens with zero attached hydrogens (tertiary/aromatic N) is 1. The molecule has 20 heavy (non-hydrogen) atoms. The molecular formula is C17H25NO2. The third-order valence-corrected chi connectivity index (χ3v) is 4.69. The van der Waals surface area contributed by atoms with Gasteiger partial charge in [-0.15, -0.1) is 0 Å². The predicted molar refractivity (Wildman–Crippen MR) is 80.8 cm³/mol. The second-order valence-electron chi connectivity index (χ2n) is 6.58. The zero-order valence-electron chi connectivity index (χ0n) is 13.6. The molecule has 1 aliphatic rings. The highest BCUT2D eigenvalue weighted by atomic mass is 16.3. The Labute approximate surface area is 121 Å². The molecule has 0 fully saturated rings. The number of amides is 1. The van der Waals surface area contributed by atoms with Crippen LogP contribution in [0.2, 0.25) is 0 Å². The molecule has 0 saturated carbocycles. The van der Waals surface area contributed by atoms with Crippen molar-refractivity contribution in [3.05, 3.63) is 33.4 Å². The predicted octanol–water partition coefficient (Wildman–Crippen LogP) is 3.20. The summed E-state index contributed by atoms with van der Waals surface area (Å²) < 4.78 is 0. The molecule has 0 aromatic heterocycles. The summed E-state index contributed by atoms with van der Waals surface area (Å²) in [4.78, 5) is 14.4. The fourth-order valence-corrected chi connectivity index (χ4v) is 3.27. The summed E-state index contributed by atoms with van der Waals surface area (Å²) in [6.45, 7) is 14.5. The van der Waals surface area contributed by atoms with Crippen LogP contribution in [0.3, 0.4) is 0 Å². The van der Waals surface area contributed by atoms with Crippen molar-refractivity contribution in [1.82, 2.24) is 4.90 Å². The van der Waals surface area contributed by atoms with E-state index in [1.54, 1.807) is 11.8 Å². The van der Waals surface area contributed by atoms with E-state index in [4.69, 9.17) is 0 Å². The van der Waals surface area contributed by atoms with Crippen LogP contribution in [0.25, 0.3) is 0 Å². The Morgan fingerprint density at radius 2 is 1.55 bits per heavy atom. The zero-order chi connectivity index (χ0) is 15.4. The van der Waals surface area contributed by atoms with Crippen LogP contribution in [-0.2, 0) is 5.72 Å². The number of carbonyl (C=O) groups excluding carboxylic acids is 1. The molecule has 110 valence electrons. The van der Waals surface area contributed by atoms with Gasteiger partial charge in [0.05, 0.1) is 5.56 Å². The highest BCUT2D eigenvalue weighted by Crippen LogP contribution is 2.43. The first-order chi connectivity index (χ1) is 9.10. The third kappa shape index (κ3) is 1.87. The molecule has 3 heteroatoms. The summed E-state index contributed by atoms with van der Waals surface area (Å²) in [7, 11) is 0. The van der Waals surface area contributed by atoms with E-state index in [2.05, 4.69) is 20.8 Å². The smallest absolute Gasteiger partial charge is 0.257 e. The molecule has 1 atom stereocenters. The molecule has 1 N–H and O–H groups in total. The van der Waals surface area contributed by atoms with Gasteiger partial charge in [0.2, 0.25) is 0 Å². The zero-order valence-corrected chi connectivity index (χ0v) is 13.6. The minimum absolute atomic E-state index is 0.0394. The third-order valence-electron chi connectivity index (χ3n) is 4.69. The van der Waals surface area contributed by atoms with Crippen LogP contribution in [0.5, 0.6) is 0 Å². The topological polar surface area (TPSA) is 40.5 Å². The maximum Gasteiger partial charge on any atom is 0.257 e. The normalized spacial score (nSPS) is 21.9. The summed E-state index contributed by atoms with van der Waals surface area (Å²) in [5.41, 5.74) is 4.65. The minimum atomic E-state index is -1.20. The summed E-state index contributed by atoms with van der Waals surface area (Å²) in [6, 6.07) is 0. The van der Waals surface area contributed by atoms with Gasteiger partial charge in [0.25, 0.3) is 5.91 Å². The second kappa shape index (κ2) is 4.59. The molecule has 0 aliphatic carbocycles. The van der Waals surface area contributed by atoms with Crippen LogP contribution in [0.15, 0.2) is 0 Å². The Hall–Kier alpha value is -1.35. The Kier molecular flexibility index (Phi) is 3.45. The van der Waals surface area contributed by atoms with E-state index < -0.39 is 5.72 Å². The average Bonchev–Trinajstić information content (AvgIpc) is 2.53. The molecule has 1 unspecified atom stereocenters. The molecule has 1 amide bonds. The second-order valence-corrected chi connectivity index (χ2v) is 6.58. The Morgan fingerprint density at radius 1 is 1.05 bits per heavy atom. The molecule has 1 aliphatic heterocycles. The molecule has 3 nitrogen and oxygen atoms in total. The van der Waals surface area contributed by atoms with Crippen molar-refractivity contribution in [3.8, 4) is 0 Å². The van der Waals surface area contributed by atoms with E-state index in [0.717, 1.165) is 22.3 Å². The SMILES string of the molecule is Cc1c(C)c(C)c2c(c1C)C(=O)N(CC(C)C)C2(C)O. The fraction of sp³-hybridized carbons (Fsp3) is 0.588. The number of hydrogen-bond donors (Lipinski definition) is 1. The number of fused-ring (bicyclic) bond motifs is 1. The van der Waals surface area contributed by atoms with Crippen LogP contribution >= 0.6 is 0 Å². The molecule has 2 rings (SSSR count). The first-order valence-corrected chi connectivity index (χ1v) is 7.25. The van der Waals surface area contributed by atoms with Crippen molar-refractivity contribution in [1.29, 1.82) is 0 Å². The van der Waals surface area contributed by atoms with Gasteiger partial charge in [0, 0.05) is 12.1 Å². The Morgan fingerprint density at radius 3 is 2.05 bits per heavy atom. The molecular weight excluding hydrogens is 250 g/mol. The molecule has 1 aromatic rings. The van der Waals surface area contributed by atoms with E-state index in [9.17, 15) is 9.90 Å².